The molecule has 32 heavy (non-hydrogen) atoms. The van der Waals surface area contributed by atoms with Crippen LogP contribution in [0.2, 0.25) is 0 Å². The minimum absolute atomic E-state index is 0.220. The topological polar surface area (TPSA) is 80.0 Å². The highest BCUT2D eigenvalue weighted by Crippen LogP contribution is 2.38. The molecule has 164 valence electrons. The van der Waals surface area contributed by atoms with Gasteiger partial charge in [0.2, 0.25) is 5.75 Å². The van der Waals surface area contributed by atoms with E-state index in [1.54, 1.807) is 36.4 Å². The molecular formula is C24H20FNO6. The number of aromatic nitrogens is 1. The molecule has 0 aliphatic heterocycles. The molecule has 1 aromatic heterocycles. The van der Waals surface area contributed by atoms with Crippen LogP contribution < -0.4 is 18.9 Å². The van der Waals surface area contributed by atoms with E-state index in [1.807, 2.05) is 0 Å². The number of hydrogen-bond donors (Lipinski definition) is 0. The molecule has 0 radical (unpaired) electrons. The van der Waals surface area contributed by atoms with Crippen LogP contribution in [-0.2, 0) is 6.42 Å². The van der Waals surface area contributed by atoms with Crippen LogP contribution in [0.5, 0.6) is 23.0 Å². The van der Waals surface area contributed by atoms with E-state index in [-0.39, 0.29) is 23.6 Å². The number of halogens is 1. The summed E-state index contributed by atoms with van der Waals surface area (Å²) in [7, 11) is 4.40. The summed E-state index contributed by atoms with van der Waals surface area (Å²) < 4.78 is 40.6. The van der Waals surface area contributed by atoms with Crippen molar-refractivity contribution in [1.29, 1.82) is 0 Å². The SMILES string of the molecule is COc1cc(C(=O)Oc2ccc3c(Cc4ccccc4F)noc3c2)cc(OC)c1OC. The van der Waals surface area contributed by atoms with Gasteiger partial charge in [-0.3, -0.25) is 0 Å². The van der Waals surface area contributed by atoms with E-state index in [4.69, 9.17) is 23.5 Å². The molecule has 0 unspecified atom stereocenters. The molecule has 3 aromatic carbocycles. The van der Waals surface area contributed by atoms with Crippen molar-refractivity contribution in [3.63, 3.8) is 0 Å². The lowest BCUT2D eigenvalue weighted by Crippen LogP contribution is -2.09. The van der Waals surface area contributed by atoms with Crippen LogP contribution in [0.25, 0.3) is 11.0 Å². The Morgan fingerprint density at radius 2 is 1.69 bits per heavy atom. The first-order chi connectivity index (χ1) is 15.5. The number of carbonyl (C=O) groups excluding carboxylic acids is 1. The van der Waals surface area contributed by atoms with Crippen molar-refractivity contribution in [2.75, 3.05) is 21.3 Å². The molecule has 0 bridgehead atoms. The van der Waals surface area contributed by atoms with Crippen LogP contribution >= 0.6 is 0 Å². The zero-order valence-electron chi connectivity index (χ0n) is 17.7. The molecule has 7 nitrogen and oxygen atoms in total. The van der Waals surface area contributed by atoms with Crippen molar-refractivity contribution < 1.29 is 32.7 Å². The second-order valence-corrected chi connectivity index (χ2v) is 6.86. The molecule has 0 aliphatic carbocycles. The molecule has 8 heteroatoms. The number of nitrogens with zero attached hydrogens (tertiary/aromatic N) is 1. The molecule has 0 N–H and O–H groups in total. The Morgan fingerprint density at radius 3 is 2.34 bits per heavy atom. The second-order valence-electron chi connectivity index (χ2n) is 6.86. The van der Waals surface area contributed by atoms with Gasteiger partial charge in [0, 0.05) is 17.9 Å². The maximum absolute atomic E-state index is 14.0. The van der Waals surface area contributed by atoms with Gasteiger partial charge in [0.1, 0.15) is 11.6 Å². The van der Waals surface area contributed by atoms with Gasteiger partial charge in [-0.15, -0.1) is 0 Å². The number of fused-ring (bicyclic) bond motifs is 1. The molecule has 0 fully saturated rings. The molecule has 0 saturated heterocycles. The van der Waals surface area contributed by atoms with Crippen molar-refractivity contribution >= 4 is 16.9 Å². The van der Waals surface area contributed by atoms with Crippen LogP contribution in [0.3, 0.4) is 0 Å². The number of benzene rings is 3. The highest BCUT2D eigenvalue weighted by molar-refractivity contribution is 5.93. The molecule has 1 heterocycles. The lowest BCUT2D eigenvalue weighted by molar-refractivity contribution is 0.0734. The van der Waals surface area contributed by atoms with E-state index in [0.717, 1.165) is 0 Å². The number of carbonyl (C=O) groups is 1. The summed E-state index contributed by atoms with van der Waals surface area (Å²) in [5.74, 6) is 0.389. The van der Waals surface area contributed by atoms with Gasteiger partial charge in [-0.25, -0.2) is 9.18 Å². The third-order valence-corrected chi connectivity index (χ3v) is 4.94. The Kier molecular flexibility index (Phi) is 5.93. The Hall–Kier alpha value is -4.07. The van der Waals surface area contributed by atoms with Gasteiger partial charge in [0.05, 0.1) is 32.6 Å². The molecule has 4 aromatic rings. The minimum atomic E-state index is -0.616. The van der Waals surface area contributed by atoms with E-state index in [0.29, 0.717) is 39.5 Å². The molecule has 0 spiro atoms. The number of ether oxygens (including phenoxy) is 4. The van der Waals surface area contributed by atoms with Crippen molar-refractivity contribution in [3.05, 3.63) is 77.2 Å². The standard InChI is InChI=1S/C24H20FNO6/c1-28-21-11-15(12-22(29-2)23(21)30-3)24(27)31-16-8-9-17-19(26-32-20(17)13-16)10-14-6-4-5-7-18(14)25/h4-9,11-13H,10H2,1-3H3. The summed E-state index contributed by atoms with van der Waals surface area (Å²) in [6.45, 7) is 0. The summed E-state index contributed by atoms with van der Waals surface area (Å²) in [6.07, 6.45) is 0.282. The van der Waals surface area contributed by atoms with Crippen LogP contribution in [0, 0.1) is 5.82 Å². The van der Waals surface area contributed by atoms with Crippen molar-refractivity contribution in [2.24, 2.45) is 0 Å². The Labute approximate surface area is 183 Å². The smallest absolute Gasteiger partial charge is 0.343 e. The van der Waals surface area contributed by atoms with Gasteiger partial charge < -0.3 is 23.5 Å². The maximum Gasteiger partial charge on any atom is 0.343 e. The Balaban J connectivity index is 1.57. The van der Waals surface area contributed by atoms with Crippen molar-refractivity contribution in [1.82, 2.24) is 5.16 Å². The quantitative estimate of drug-likeness (QED) is 0.303. The lowest BCUT2D eigenvalue weighted by Gasteiger charge is -2.13. The van der Waals surface area contributed by atoms with Gasteiger partial charge in [0.25, 0.3) is 0 Å². The van der Waals surface area contributed by atoms with Crippen molar-refractivity contribution in [2.45, 2.75) is 6.42 Å². The second kappa shape index (κ2) is 8.97. The first kappa shape index (κ1) is 21.2. The molecule has 0 amide bonds. The van der Waals surface area contributed by atoms with E-state index in [1.165, 1.54) is 39.5 Å². The normalized spacial score (nSPS) is 10.8. The zero-order valence-corrected chi connectivity index (χ0v) is 17.7. The third-order valence-electron chi connectivity index (χ3n) is 4.94. The average molecular weight is 437 g/mol. The predicted octanol–water partition coefficient (Wildman–Crippen LogP) is 4.80. The van der Waals surface area contributed by atoms with Crippen LogP contribution in [0.4, 0.5) is 4.39 Å². The van der Waals surface area contributed by atoms with E-state index in [9.17, 15) is 9.18 Å². The fraction of sp³-hybridized carbons (Fsp3) is 0.167. The molecule has 0 aliphatic rings. The highest BCUT2D eigenvalue weighted by atomic mass is 19.1. The number of methoxy groups -OCH3 is 3. The Bertz CT molecular complexity index is 1260. The molecule has 4 rings (SSSR count). The fourth-order valence-corrected chi connectivity index (χ4v) is 3.35. The van der Waals surface area contributed by atoms with Gasteiger partial charge in [-0.05, 0) is 35.9 Å². The summed E-state index contributed by atoms with van der Waals surface area (Å²) in [6, 6.07) is 14.4. The monoisotopic (exact) mass is 437 g/mol. The molecular weight excluding hydrogens is 417 g/mol. The van der Waals surface area contributed by atoms with Crippen molar-refractivity contribution in [3.8, 4) is 23.0 Å². The summed E-state index contributed by atoms with van der Waals surface area (Å²) in [5, 5.41) is 4.75. The van der Waals surface area contributed by atoms with Gasteiger partial charge in [-0.1, -0.05) is 23.4 Å². The summed E-state index contributed by atoms with van der Waals surface area (Å²) in [4.78, 5) is 12.7. The summed E-state index contributed by atoms with van der Waals surface area (Å²) in [5.41, 5.74) is 1.75. The molecule has 0 saturated carbocycles. The Morgan fingerprint density at radius 1 is 0.969 bits per heavy atom. The first-order valence-corrected chi connectivity index (χ1v) is 9.68. The average Bonchev–Trinajstić information content (AvgIpc) is 3.21. The van der Waals surface area contributed by atoms with Gasteiger partial charge >= 0.3 is 5.97 Å². The predicted molar refractivity (Wildman–Crippen MR) is 114 cm³/mol. The first-order valence-electron chi connectivity index (χ1n) is 9.68. The van der Waals surface area contributed by atoms with Crippen LogP contribution in [0.1, 0.15) is 21.6 Å². The number of hydrogen-bond acceptors (Lipinski definition) is 7. The zero-order chi connectivity index (χ0) is 22.7. The maximum atomic E-state index is 14.0. The van der Waals surface area contributed by atoms with Crippen LogP contribution in [0.15, 0.2) is 59.1 Å². The third kappa shape index (κ3) is 4.07. The summed E-state index contributed by atoms with van der Waals surface area (Å²) >= 11 is 0. The lowest BCUT2D eigenvalue weighted by atomic mass is 10.1. The minimum Gasteiger partial charge on any atom is -0.493 e. The number of rotatable bonds is 7. The van der Waals surface area contributed by atoms with Crippen LogP contribution in [-0.4, -0.2) is 32.5 Å². The van der Waals surface area contributed by atoms with E-state index >= 15 is 0 Å². The highest BCUT2D eigenvalue weighted by Gasteiger charge is 2.19. The molecule has 0 atom stereocenters. The van der Waals surface area contributed by atoms with Gasteiger partial charge in [-0.2, -0.15) is 0 Å². The number of esters is 1. The van der Waals surface area contributed by atoms with Gasteiger partial charge in [0.15, 0.2) is 17.1 Å². The largest absolute Gasteiger partial charge is 0.493 e. The van der Waals surface area contributed by atoms with E-state index in [2.05, 4.69) is 5.16 Å². The fourth-order valence-electron chi connectivity index (χ4n) is 3.35. The van der Waals surface area contributed by atoms with E-state index < -0.39 is 5.97 Å².